The zero-order chi connectivity index (χ0) is 15.5. The third-order valence-electron chi connectivity index (χ3n) is 3.71. The Balaban J connectivity index is 1.85. The van der Waals surface area contributed by atoms with Gasteiger partial charge < -0.3 is 4.57 Å². The van der Waals surface area contributed by atoms with Gasteiger partial charge in [-0.15, -0.1) is 0 Å². The zero-order valence-electron chi connectivity index (χ0n) is 12.4. The molecule has 1 amide bonds. The fraction of sp³-hybridized carbons (Fsp3) is 0.118. The number of aryl methyl sites for hydroxylation is 1. The number of carbonyl (C=O) groups excluding carboxylic acids is 1. The van der Waals surface area contributed by atoms with Crippen molar-refractivity contribution in [2.45, 2.75) is 6.92 Å². The second-order valence-corrected chi connectivity index (χ2v) is 4.99. The van der Waals surface area contributed by atoms with Crippen LogP contribution in [-0.2, 0) is 7.05 Å². The van der Waals surface area contributed by atoms with Crippen LogP contribution in [0.15, 0.2) is 53.8 Å². The van der Waals surface area contributed by atoms with Crippen molar-refractivity contribution < 1.29 is 4.79 Å². The molecule has 0 atom stereocenters. The van der Waals surface area contributed by atoms with E-state index in [1.54, 1.807) is 30.6 Å². The van der Waals surface area contributed by atoms with Crippen molar-refractivity contribution in [3.05, 3.63) is 65.6 Å². The number of amides is 1. The zero-order valence-corrected chi connectivity index (χ0v) is 12.4. The smallest absolute Gasteiger partial charge is 0.289 e. The molecular formula is C17H16N4O. The number of nitrogens with one attached hydrogen (secondary N) is 1. The van der Waals surface area contributed by atoms with Gasteiger partial charge in [0.1, 0.15) is 5.69 Å². The molecule has 0 aliphatic carbocycles. The molecule has 5 heteroatoms. The molecule has 3 aromatic rings. The van der Waals surface area contributed by atoms with Crippen molar-refractivity contribution in [1.82, 2.24) is 15.0 Å². The topological polar surface area (TPSA) is 59.3 Å². The Morgan fingerprint density at radius 1 is 1.23 bits per heavy atom. The molecule has 0 saturated carbocycles. The Hall–Kier alpha value is -2.95. The van der Waals surface area contributed by atoms with Gasteiger partial charge in [0.2, 0.25) is 0 Å². The molecule has 1 N–H and O–H groups in total. The molecule has 0 spiro atoms. The van der Waals surface area contributed by atoms with Gasteiger partial charge in [0.15, 0.2) is 0 Å². The summed E-state index contributed by atoms with van der Waals surface area (Å²) in [7, 11) is 2.02. The molecule has 0 aliphatic rings. The standard InChI is InChI=1S/C17H16N4O/c1-12-14(13-7-3-4-9-16(13)21(12)2)11-19-20-17(22)15-8-5-6-10-18-15/h3-11H,1-2H3,(H,20,22)/b19-11+. The molecule has 0 saturated heterocycles. The Labute approximate surface area is 128 Å². The van der Waals surface area contributed by atoms with E-state index >= 15 is 0 Å². The maximum absolute atomic E-state index is 11.9. The van der Waals surface area contributed by atoms with Crippen LogP contribution in [0, 0.1) is 6.92 Å². The first-order valence-corrected chi connectivity index (χ1v) is 6.97. The first-order valence-electron chi connectivity index (χ1n) is 6.97. The minimum Gasteiger partial charge on any atom is -0.347 e. The third kappa shape index (κ3) is 2.48. The summed E-state index contributed by atoms with van der Waals surface area (Å²) in [5.41, 5.74) is 6.08. The quantitative estimate of drug-likeness (QED) is 0.596. The van der Waals surface area contributed by atoms with Crippen LogP contribution < -0.4 is 5.43 Å². The summed E-state index contributed by atoms with van der Waals surface area (Å²) in [5.74, 6) is -0.324. The number of nitrogens with zero attached hydrogens (tertiary/aromatic N) is 3. The van der Waals surface area contributed by atoms with E-state index in [4.69, 9.17) is 0 Å². The Morgan fingerprint density at radius 3 is 2.77 bits per heavy atom. The minimum atomic E-state index is -0.324. The second-order valence-electron chi connectivity index (χ2n) is 4.99. The van der Waals surface area contributed by atoms with Gasteiger partial charge in [0.05, 0.1) is 6.21 Å². The number of para-hydroxylation sites is 1. The largest absolute Gasteiger partial charge is 0.347 e. The van der Waals surface area contributed by atoms with Crippen molar-refractivity contribution in [3.8, 4) is 0 Å². The van der Waals surface area contributed by atoms with Crippen LogP contribution in [-0.4, -0.2) is 21.7 Å². The van der Waals surface area contributed by atoms with E-state index < -0.39 is 0 Å². The number of carbonyl (C=O) groups is 1. The molecule has 0 bridgehead atoms. The fourth-order valence-electron chi connectivity index (χ4n) is 2.42. The number of hydrogen-bond acceptors (Lipinski definition) is 3. The van der Waals surface area contributed by atoms with Crippen molar-refractivity contribution in [3.63, 3.8) is 0 Å². The molecular weight excluding hydrogens is 276 g/mol. The molecule has 0 unspecified atom stereocenters. The lowest BCUT2D eigenvalue weighted by atomic mass is 10.1. The van der Waals surface area contributed by atoms with E-state index in [0.717, 1.165) is 22.2 Å². The summed E-state index contributed by atoms with van der Waals surface area (Å²) in [6.07, 6.45) is 3.26. The summed E-state index contributed by atoms with van der Waals surface area (Å²) in [6, 6.07) is 13.3. The van der Waals surface area contributed by atoms with Crippen molar-refractivity contribution in [2.75, 3.05) is 0 Å². The summed E-state index contributed by atoms with van der Waals surface area (Å²) in [5, 5.41) is 5.17. The predicted molar refractivity (Wildman–Crippen MR) is 87.0 cm³/mol. The van der Waals surface area contributed by atoms with E-state index in [9.17, 15) is 4.79 Å². The average Bonchev–Trinajstić information content (AvgIpc) is 2.81. The number of benzene rings is 1. The first kappa shape index (κ1) is 14.0. The third-order valence-corrected chi connectivity index (χ3v) is 3.71. The lowest BCUT2D eigenvalue weighted by Crippen LogP contribution is -2.18. The van der Waals surface area contributed by atoms with Gasteiger partial charge in [0, 0.05) is 35.4 Å². The molecule has 2 heterocycles. The summed E-state index contributed by atoms with van der Waals surface area (Å²) in [4.78, 5) is 15.9. The number of aromatic nitrogens is 2. The molecule has 5 nitrogen and oxygen atoms in total. The van der Waals surface area contributed by atoms with Crippen LogP contribution in [0.3, 0.4) is 0 Å². The molecule has 1 aromatic carbocycles. The Bertz CT molecular complexity index is 850. The van der Waals surface area contributed by atoms with Gasteiger partial charge in [-0.1, -0.05) is 24.3 Å². The van der Waals surface area contributed by atoms with Gasteiger partial charge in [0.25, 0.3) is 5.91 Å². The fourth-order valence-corrected chi connectivity index (χ4v) is 2.42. The van der Waals surface area contributed by atoms with Crippen molar-refractivity contribution >= 4 is 23.0 Å². The van der Waals surface area contributed by atoms with Gasteiger partial charge in [-0.3, -0.25) is 9.78 Å². The van der Waals surface area contributed by atoms with E-state index in [0.29, 0.717) is 5.69 Å². The lowest BCUT2D eigenvalue weighted by molar-refractivity contribution is 0.0950. The van der Waals surface area contributed by atoms with Gasteiger partial charge in [-0.25, -0.2) is 5.43 Å². The summed E-state index contributed by atoms with van der Waals surface area (Å²) >= 11 is 0. The van der Waals surface area contributed by atoms with Crippen molar-refractivity contribution in [1.29, 1.82) is 0 Å². The molecule has 2 aromatic heterocycles. The van der Waals surface area contributed by atoms with Crippen molar-refractivity contribution in [2.24, 2.45) is 12.1 Å². The first-order chi connectivity index (χ1) is 10.7. The lowest BCUT2D eigenvalue weighted by Gasteiger charge is -1.99. The number of pyridine rings is 1. The van der Waals surface area contributed by atoms with E-state index in [1.165, 1.54) is 0 Å². The number of hydrogen-bond donors (Lipinski definition) is 1. The van der Waals surface area contributed by atoms with E-state index in [2.05, 4.69) is 26.1 Å². The van der Waals surface area contributed by atoms with Gasteiger partial charge in [-0.05, 0) is 25.1 Å². The van der Waals surface area contributed by atoms with Crippen LogP contribution in [0.1, 0.15) is 21.7 Å². The molecule has 0 aliphatic heterocycles. The summed E-state index contributed by atoms with van der Waals surface area (Å²) in [6.45, 7) is 2.03. The highest BCUT2D eigenvalue weighted by Crippen LogP contribution is 2.22. The van der Waals surface area contributed by atoms with Crippen LogP contribution in [0.4, 0.5) is 0 Å². The molecule has 0 radical (unpaired) electrons. The van der Waals surface area contributed by atoms with Crippen LogP contribution in [0.2, 0.25) is 0 Å². The highest BCUT2D eigenvalue weighted by Gasteiger charge is 2.09. The maximum Gasteiger partial charge on any atom is 0.289 e. The monoisotopic (exact) mass is 292 g/mol. The Morgan fingerprint density at radius 2 is 2.00 bits per heavy atom. The number of fused-ring (bicyclic) bond motifs is 1. The number of hydrazone groups is 1. The van der Waals surface area contributed by atoms with E-state index in [-0.39, 0.29) is 5.91 Å². The molecule has 110 valence electrons. The number of rotatable bonds is 3. The highest BCUT2D eigenvalue weighted by atomic mass is 16.2. The molecule has 22 heavy (non-hydrogen) atoms. The molecule has 3 rings (SSSR count). The van der Waals surface area contributed by atoms with Crippen LogP contribution >= 0.6 is 0 Å². The normalized spacial score (nSPS) is 11.2. The average molecular weight is 292 g/mol. The predicted octanol–water partition coefficient (Wildman–Crippen LogP) is 2.65. The highest BCUT2D eigenvalue weighted by molar-refractivity contribution is 6.01. The molecule has 0 fully saturated rings. The van der Waals surface area contributed by atoms with Crippen LogP contribution in [0.25, 0.3) is 10.9 Å². The van der Waals surface area contributed by atoms with E-state index in [1.807, 2.05) is 32.2 Å². The summed E-state index contributed by atoms with van der Waals surface area (Å²) < 4.78 is 2.11. The Kier molecular flexibility index (Phi) is 3.70. The van der Waals surface area contributed by atoms with Crippen LogP contribution in [0.5, 0.6) is 0 Å². The maximum atomic E-state index is 11.9. The SMILES string of the molecule is Cc1c(/C=N/NC(=O)c2ccccn2)c2ccccc2n1C. The van der Waals surface area contributed by atoms with Gasteiger partial charge >= 0.3 is 0 Å². The minimum absolute atomic E-state index is 0.324. The second kappa shape index (κ2) is 5.81. The van der Waals surface area contributed by atoms with Gasteiger partial charge in [-0.2, -0.15) is 5.10 Å².